The second kappa shape index (κ2) is 8.91. The fourth-order valence-corrected chi connectivity index (χ4v) is 4.38. The maximum atomic E-state index is 9.38. The Bertz CT molecular complexity index is 1140. The van der Waals surface area contributed by atoms with Crippen LogP contribution < -0.4 is 10.2 Å². The third kappa shape index (κ3) is 4.06. The Kier molecular flexibility index (Phi) is 6.06. The molecular formula is C25H29N5O. The molecular weight excluding hydrogens is 386 g/mol. The van der Waals surface area contributed by atoms with Crippen molar-refractivity contribution in [3.63, 3.8) is 0 Å². The number of nitriles is 1. The molecule has 4 rings (SSSR count). The van der Waals surface area contributed by atoms with E-state index in [4.69, 9.17) is 4.74 Å². The highest BCUT2D eigenvalue weighted by atomic mass is 16.5. The summed E-state index contributed by atoms with van der Waals surface area (Å²) in [5.41, 5.74) is 6.29. The molecule has 3 aromatic rings. The normalized spacial score (nSPS) is 15.0. The van der Waals surface area contributed by atoms with Gasteiger partial charge in [-0.1, -0.05) is 19.1 Å². The predicted molar refractivity (Wildman–Crippen MR) is 125 cm³/mol. The molecule has 6 heteroatoms. The van der Waals surface area contributed by atoms with Gasteiger partial charge in [-0.05, 0) is 62.1 Å². The fraction of sp³-hybridized carbons (Fsp3) is 0.400. The number of aryl methyl sites for hydroxylation is 2. The second-order valence-corrected chi connectivity index (χ2v) is 8.11. The Morgan fingerprint density at radius 1 is 1.16 bits per heavy atom. The van der Waals surface area contributed by atoms with Crippen LogP contribution in [0.1, 0.15) is 47.8 Å². The minimum absolute atomic E-state index is 0.00815. The van der Waals surface area contributed by atoms with Crippen LogP contribution in [0.15, 0.2) is 30.3 Å². The molecule has 0 saturated carbocycles. The molecule has 0 radical (unpaired) electrons. The Morgan fingerprint density at radius 2 is 1.94 bits per heavy atom. The van der Waals surface area contributed by atoms with Crippen LogP contribution in [0.5, 0.6) is 0 Å². The van der Waals surface area contributed by atoms with E-state index in [-0.39, 0.29) is 6.04 Å². The van der Waals surface area contributed by atoms with Crippen molar-refractivity contribution in [3.8, 4) is 6.07 Å². The van der Waals surface area contributed by atoms with Crippen molar-refractivity contribution >= 4 is 22.3 Å². The molecule has 1 atom stereocenters. The first-order valence-corrected chi connectivity index (χ1v) is 10.9. The first kappa shape index (κ1) is 21.1. The fourth-order valence-electron chi connectivity index (χ4n) is 4.38. The van der Waals surface area contributed by atoms with Gasteiger partial charge in [-0.3, -0.25) is 0 Å². The number of aromatic nitrogens is 2. The molecule has 0 aliphatic carbocycles. The zero-order chi connectivity index (χ0) is 22.0. The van der Waals surface area contributed by atoms with Crippen LogP contribution in [0.3, 0.4) is 0 Å². The highest BCUT2D eigenvalue weighted by Crippen LogP contribution is 2.34. The highest BCUT2D eigenvalue weighted by molar-refractivity contribution is 5.96. The highest BCUT2D eigenvalue weighted by Gasteiger charge is 2.19. The lowest BCUT2D eigenvalue weighted by Gasteiger charge is -2.31. The van der Waals surface area contributed by atoms with Gasteiger partial charge in [-0.2, -0.15) is 10.4 Å². The summed E-state index contributed by atoms with van der Waals surface area (Å²) in [6, 6.07) is 12.6. The van der Waals surface area contributed by atoms with Gasteiger partial charge in [0.25, 0.3) is 0 Å². The van der Waals surface area contributed by atoms with Crippen LogP contribution in [-0.4, -0.2) is 36.5 Å². The SMILES string of the molecule is CCc1cc2c(C)nnc(N[C@H](C)c3cccc(C#N)c3C)c2cc1N1CCOCC1. The number of fused-ring (bicyclic) bond motifs is 1. The van der Waals surface area contributed by atoms with E-state index < -0.39 is 0 Å². The van der Waals surface area contributed by atoms with Crippen LogP contribution >= 0.6 is 0 Å². The van der Waals surface area contributed by atoms with Gasteiger partial charge in [0, 0.05) is 29.5 Å². The molecule has 1 aliphatic heterocycles. The smallest absolute Gasteiger partial charge is 0.157 e. The number of rotatable bonds is 5. The van der Waals surface area contributed by atoms with Crippen molar-refractivity contribution < 1.29 is 4.74 Å². The van der Waals surface area contributed by atoms with Gasteiger partial charge in [0.05, 0.1) is 36.6 Å². The second-order valence-electron chi connectivity index (χ2n) is 8.11. The van der Waals surface area contributed by atoms with E-state index in [9.17, 15) is 5.26 Å². The Balaban J connectivity index is 1.77. The van der Waals surface area contributed by atoms with E-state index in [0.717, 1.165) is 66.1 Å². The van der Waals surface area contributed by atoms with Crippen molar-refractivity contribution in [2.45, 2.75) is 40.2 Å². The minimum Gasteiger partial charge on any atom is -0.378 e. The molecule has 1 saturated heterocycles. The molecule has 0 unspecified atom stereocenters. The quantitative estimate of drug-likeness (QED) is 0.652. The molecule has 0 spiro atoms. The van der Waals surface area contributed by atoms with Gasteiger partial charge in [0.1, 0.15) is 0 Å². The van der Waals surface area contributed by atoms with Crippen LogP contribution in [0.4, 0.5) is 11.5 Å². The molecule has 1 aliphatic rings. The zero-order valence-corrected chi connectivity index (χ0v) is 18.7. The van der Waals surface area contributed by atoms with E-state index in [2.05, 4.69) is 58.5 Å². The van der Waals surface area contributed by atoms with Crippen molar-refractivity contribution in [3.05, 3.63) is 58.3 Å². The van der Waals surface area contributed by atoms with Crippen molar-refractivity contribution in [2.75, 3.05) is 36.5 Å². The molecule has 1 fully saturated rings. The molecule has 160 valence electrons. The molecule has 0 bridgehead atoms. The first-order valence-electron chi connectivity index (χ1n) is 10.9. The summed E-state index contributed by atoms with van der Waals surface area (Å²) < 4.78 is 5.56. The van der Waals surface area contributed by atoms with Gasteiger partial charge < -0.3 is 15.0 Å². The number of nitrogens with one attached hydrogen (secondary N) is 1. The molecule has 2 aromatic carbocycles. The van der Waals surface area contributed by atoms with E-state index in [1.807, 2.05) is 26.0 Å². The van der Waals surface area contributed by atoms with E-state index in [1.165, 1.54) is 11.3 Å². The maximum Gasteiger partial charge on any atom is 0.157 e. The van der Waals surface area contributed by atoms with Crippen molar-refractivity contribution in [1.82, 2.24) is 10.2 Å². The largest absolute Gasteiger partial charge is 0.378 e. The standard InChI is InChI=1S/C25H29N5O/c1-5-19-13-22-18(4)28-29-25(23(22)14-24(19)30-9-11-31-12-10-30)27-17(3)21-8-6-7-20(15-26)16(21)2/h6-8,13-14,17H,5,9-12H2,1-4H3,(H,27,29)/t17-/m1/s1. The van der Waals surface area contributed by atoms with E-state index >= 15 is 0 Å². The molecule has 31 heavy (non-hydrogen) atoms. The Labute approximate surface area is 183 Å². The monoisotopic (exact) mass is 415 g/mol. The predicted octanol–water partition coefficient (Wildman–Crippen LogP) is 4.69. The van der Waals surface area contributed by atoms with Gasteiger partial charge in [0.15, 0.2) is 5.82 Å². The third-order valence-corrected chi connectivity index (χ3v) is 6.21. The van der Waals surface area contributed by atoms with Gasteiger partial charge in [-0.25, -0.2) is 0 Å². The summed E-state index contributed by atoms with van der Waals surface area (Å²) in [6.45, 7) is 11.6. The van der Waals surface area contributed by atoms with Crippen LogP contribution in [0.2, 0.25) is 0 Å². The van der Waals surface area contributed by atoms with E-state index in [1.54, 1.807) is 0 Å². The van der Waals surface area contributed by atoms with E-state index in [0.29, 0.717) is 5.56 Å². The minimum atomic E-state index is -0.00815. The first-order chi connectivity index (χ1) is 15.0. The number of ether oxygens (including phenoxy) is 1. The van der Waals surface area contributed by atoms with Gasteiger partial charge in [0.2, 0.25) is 0 Å². The Hall–Kier alpha value is -3.17. The number of morpholine rings is 1. The topological polar surface area (TPSA) is 74.1 Å². The average Bonchev–Trinajstić information content (AvgIpc) is 2.80. The van der Waals surface area contributed by atoms with Crippen LogP contribution in [-0.2, 0) is 11.2 Å². The molecule has 0 amide bonds. The van der Waals surface area contributed by atoms with Crippen LogP contribution in [0, 0.1) is 25.2 Å². The molecule has 6 nitrogen and oxygen atoms in total. The molecule has 2 heterocycles. The van der Waals surface area contributed by atoms with Gasteiger partial charge >= 0.3 is 0 Å². The summed E-state index contributed by atoms with van der Waals surface area (Å²) in [5, 5.41) is 24.1. The molecule has 1 N–H and O–H groups in total. The summed E-state index contributed by atoms with van der Waals surface area (Å²) >= 11 is 0. The number of nitrogens with zero attached hydrogens (tertiary/aromatic N) is 4. The number of hydrogen-bond acceptors (Lipinski definition) is 6. The number of hydrogen-bond donors (Lipinski definition) is 1. The van der Waals surface area contributed by atoms with Gasteiger partial charge in [-0.15, -0.1) is 5.10 Å². The summed E-state index contributed by atoms with van der Waals surface area (Å²) in [4.78, 5) is 2.41. The lowest BCUT2D eigenvalue weighted by Crippen LogP contribution is -2.36. The number of anilines is 2. The lowest BCUT2D eigenvalue weighted by atomic mass is 9.97. The maximum absolute atomic E-state index is 9.38. The molecule has 1 aromatic heterocycles. The summed E-state index contributed by atoms with van der Waals surface area (Å²) in [6.07, 6.45) is 0.962. The van der Waals surface area contributed by atoms with Crippen molar-refractivity contribution in [2.24, 2.45) is 0 Å². The van der Waals surface area contributed by atoms with Crippen LogP contribution in [0.25, 0.3) is 10.8 Å². The summed E-state index contributed by atoms with van der Waals surface area (Å²) in [7, 11) is 0. The average molecular weight is 416 g/mol. The number of benzene rings is 2. The lowest BCUT2D eigenvalue weighted by molar-refractivity contribution is 0.122. The zero-order valence-electron chi connectivity index (χ0n) is 18.7. The summed E-state index contributed by atoms with van der Waals surface area (Å²) in [5.74, 6) is 0.770. The third-order valence-electron chi connectivity index (χ3n) is 6.21. The Morgan fingerprint density at radius 3 is 2.65 bits per heavy atom. The van der Waals surface area contributed by atoms with Crippen molar-refractivity contribution in [1.29, 1.82) is 5.26 Å².